The Morgan fingerprint density at radius 1 is 1.57 bits per heavy atom. The number of para-hydroxylation sites is 1. The molecule has 0 saturated heterocycles. The molecule has 0 spiro atoms. The summed E-state index contributed by atoms with van der Waals surface area (Å²) in [6, 6.07) is 6.00. The van der Waals surface area contributed by atoms with Crippen LogP contribution >= 0.6 is 11.6 Å². The smallest absolute Gasteiger partial charge is 0.164 e. The van der Waals surface area contributed by atoms with Crippen molar-refractivity contribution in [2.45, 2.75) is 12.3 Å². The fourth-order valence-electron chi connectivity index (χ4n) is 1.81. The second kappa shape index (κ2) is 4.09. The van der Waals surface area contributed by atoms with E-state index in [1.54, 1.807) is 7.11 Å². The number of benzene rings is 1. The molecule has 1 aliphatic heterocycles. The summed E-state index contributed by atoms with van der Waals surface area (Å²) in [5, 5.41) is 0. The Hall–Kier alpha value is -0.890. The van der Waals surface area contributed by atoms with Crippen molar-refractivity contribution in [2.24, 2.45) is 0 Å². The third kappa shape index (κ3) is 1.55. The van der Waals surface area contributed by atoms with Crippen LogP contribution in [-0.4, -0.2) is 19.6 Å². The minimum atomic E-state index is 0.428. The topological polar surface area (TPSA) is 18.5 Å². The highest BCUT2D eigenvalue weighted by atomic mass is 35.5. The van der Waals surface area contributed by atoms with Gasteiger partial charge in [0.15, 0.2) is 11.5 Å². The molecular weight excluding hydrogens is 200 g/mol. The molecule has 3 heteroatoms. The number of ether oxygens (including phenoxy) is 2. The SMILES string of the molecule is COc1cccc2c1OC[C@H]2CCCl. The molecule has 1 aliphatic rings. The molecule has 0 radical (unpaired) electrons. The number of rotatable bonds is 3. The molecule has 0 aromatic heterocycles. The zero-order valence-corrected chi connectivity index (χ0v) is 8.88. The monoisotopic (exact) mass is 212 g/mol. The van der Waals surface area contributed by atoms with Crippen LogP contribution in [0.2, 0.25) is 0 Å². The third-order valence-corrected chi connectivity index (χ3v) is 2.77. The largest absolute Gasteiger partial charge is 0.493 e. The van der Waals surface area contributed by atoms with Gasteiger partial charge in [0.25, 0.3) is 0 Å². The molecule has 14 heavy (non-hydrogen) atoms. The van der Waals surface area contributed by atoms with Gasteiger partial charge in [-0.15, -0.1) is 11.6 Å². The lowest BCUT2D eigenvalue weighted by Crippen LogP contribution is -2.00. The van der Waals surface area contributed by atoms with Gasteiger partial charge in [-0.25, -0.2) is 0 Å². The van der Waals surface area contributed by atoms with Crippen molar-refractivity contribution in [1.82, 2.24) is 0 Å². The number of hydrogen-bond acceptors (Lipinski definition) is 2. The summed E-state index contributed by atoms with van der Waals surface area (Å²) in [6.07, 6.45) is 0.960. The summed E-state index contributed by atoms with van der Waals surface area (Å²) >= 11 is 5.73. The van der Waals surface area contributed by atoms with Gasteiger partial charge in [-0.2, -0.15) is 0 Å². The number of methoxy groups -OCH3 is 1. The molecule has 1 aromatic rings. The molecule has 2 rings (SSSR count). The molecule has 1 atom stereocenters. The fourth-order valence-corrected chi connectivity index (χ4v) is 2.08. The Labute approximate surface area is 88.8 Å². The standard InChI is InChI=1S/C11H13ClO2/c1-13-10-4-2-3-9-8(5-6-12)7-14-11(9)10/h2-4,8H,5-7H2,1H3/t8-/m1/s1. The van der Waals surface area contributed by atoms with Gasteiger partial charge >= 0.3 is 0 Å². The first-order valence-electron chi connectivity index (χ1n) is 4.72. The van der Waals surface area contributed by atoms with Crippen molar-refractivity contribution in [2.75, 3.05) is 19.6 Å². The maximum absolute atomic E-state index is 5.73. The normalized spacial score (nSPS) is 18.9. The van der Waals surface area contributed by atoms with Crippen LogP contribution in [0.1, 0.15) is 17.9 Å². The Morgan fingerprint density at radius 3 is 3.14 bits per heavy atom. The molecule has 1 aromatic carbocycles. The van der Waals surface area contributed by atoms with Gasteiger partial charge in [-0.1, -0.05) is 12.1 Å². The van der Waals surface area contributed by atoms with E-state index in [2.05, 4.69) is 6.07 Å². The lowest BCUT2D eigenvalue weighted by atomic mass is 9.99. The Balaban J connectivity index is 2.31. The molecule has 0 saturated carbocycles. The van der Waals surface area contributed by atoms with E-state index in [0.717, 1.165) is 24.5 Å². The summed E-state index contributed by atoms with van der Waals surface area (Å²) in [4.78, 5) is 0. The molecule has 0 amide bonds. The molecule has 76 valence electrons. The van der Waals surface area contributed by atoms with E-state index < -0.39 is 0 Å². The van der Waals surface area contributed by atoms with Crippen molar-refractivity contribution in [3.05, 3.63) is 23.8 Å². The summed E-state index contributed by atoms with van der Waals surface area (Å²) in [6.45, 7) is 0.725. The summed E-state index contributed by atoms with van der Waals surface area (Å²) in [5.41, 5.74) is 1.23. The summed E-state index contributed by atoms with van der Waals surface area (Å²) in [7, 11) is 1.66. The Kier molecular flexibility index (Phi) is 2.82. The van der Waals surface area contributed by atoms with Gasteiger partial charge in [0.05, 0.1) is 13.7 Å². The van der Waals surface area contributed by atoms with Crippen molar-refractivity contribution in [3.8, 4) is 11.5 Å². The molecular formula is C11H13ClO2. The highest BCUT2D eigenvalue weighted by Crippen LogP contribution is 2.42. The summed E-state index contributed by atoms with van der Waals surface area (Å²) < 4.78 is 10.8. The molecule has 0 N–H and O–H groups in total. The Bertz CT molecular complexity index is 325. The van der Waals surface area contributed by atoms with Crippen molar-refractivity contribution < 1.29 is 9.47 Å². The second-order valence-corrected chi connectivity index (χ2v) is 3.74. The maximum atomic E-state index is 5.73. The zero-order chi connectivity index (χ0) is 9.97. The number of fused-ring (bicyclic) bond motifs is 1. The lowest BCUT2D eigenvalue weighted by Gasteiger charge is -2.06. The minimum absolute atomic E-state index is 0.428. The molecule has 0 unspecified atom stereocenters. The van der Waals surface area contributed by atoms with Crippen molar-refractivity contribution in [3.63, 3.8) is 0 Å². The lowest BCUT2D eigenvalue weighted by molar-refractivity contribution is 0.308. The minimum Gasteiger partial charge on any atom is -0.493 e. The molecule has 0 bridgehead atoms. The average molecular weight is 213 g/mol. The van der Waals surface area contributed by atoms with Gasteiger partial charge < -0.3 is 9.47 Å². The highest BCUT2D eigenvalue weighted by Gasteiger charge is 2.26. The number of hydrogen-bond donors (Lipinski definition) is 0. The van der Waals surface area contributed by atoms with E-state index in [4.69, 9.17) is 21.1 Å². The van der Waals surface area contributed by atoms with E-state index in [1.807, 2.05) is 12.1 Å². The fraction of sp³-hybridized carbons (Fsp3) is 0.455. The third-order valence-electron chi connectivity index (χ3n) is 2.56. The average Bonchev–Trinajstić information content (AvgIpc) is 2.62. The van der Waals surface area contributed by atoms with E-state index in [0.29, 0.717) is 11.8 Å². The maximum Gasteiger partial charge on any atom is 0.164 e. The number of halogens is 1. The van der Waals surface area contributed by atoms with Crippen LogP contribution in [0.25, 0.3) is 0 Å². The van der Waals surface area contributed by atoms with Crippen LogP contribution < -0.4 is 9.47 Å². The van der Waals surface area contributed by atoms with Crippen LogP contribution in [0.4, 0.5) is 0 Å². The zero-order valence-electron chi connectivity index (χ0n) is 8.13. The predicted molar refractivity (Wildman–Crippen MR) is 56.6 cm³/mol. The van der Waals surface area contributed by atoms with Crippen LogP contribution in [0.15, 0.2) is 18.2 Å². The van der Waals surface area contributed by atoms with E-state index in [-0.39, 0.29) is 0 Å². The first-order valence-corrected chi connectivity index (χ1v) is 5.26. The van der Waals surface area contributed by atoms with Crippen molar-refractivity contribution in [1.29, 1.82) is 0 Å². The molecule has 0 fully saturated rings. The highest BCUT2D eigenvalue weighted by molar-refractivity contribution is 6.17. The van der Waals surface area contributed by atoms with Crippen LogP contribution in [0.3, 0.4) is 0 Å². The first kappa shape index (κ1) is 9.66. The quantitative estimate of drug-likeness (QED) is 0.718. The van der Waals surface area contributed by atoms with Gasteiger partial charge in [0, 0.05) is 17.4 Å². The van der Waals surface area contributed by atoms with Crippen LogP contribution in [0.5, 0.6) is 11.5 Å². The van der Waals surface area contributed by atoms with Crippen molar-refractivity contribution >= 4 is 11.6 Å². The second-order valence-electron chi connectivity index (χ2n) is 3.36. The van der Waals surface area contributed by atoms with Gasteiger partial charge in [-0.05, 0) is 12.5 Å². The van der Waals surface area contributed by atoms with Gasteiger partial charge in [0.1, 0.15) is 0 Å². The van der Waals surface area contributed by atoms with Gasteiger partial charge in [-0.3, -0.25) is 0 Å². The summed E-state index contributed by atoms with van der Waals surface area (Å²) in [5.74, 6) is 2.81. The molecule has 0 aliphatic carbocycles. The molecule has 2 nitrogen and oxygen atoms in total. The van der Waals surface area contributed by atoms with Crippen LogP contribution in [-0.2, 0) is 0 Å². The molecule has 1 heterocycles. The van der Waals surface area contributed by atoms with Crippen LogP contribution in [0, 0.1) is 0 Å². The Morgan fingerprint density at radius 2 is 2.43 bits per heavy atom. The van der Waals surface area contributed by atoms with E-state index >= 15 is 0 Å². The number of alkyl halides is 1. The predicted octanol–water partition coefficient (Wildman–Crippen LogP) is 2.80. The first-order chi connectivity index (χ1) is 6.86. The van der Waals surface area contributed by atoms with E-state index in [1.165, 1.54) is 5.56 Å². The van der Waals surface area contributed by atoms with E-state index in [9.17, 15) is 0 Å². The van der Waals surface area contributed by atoms with Gasteiger partial charge in [0.2, 0.25) is 0 Å².